The predicted octanol–water partition coefficient (Wildman–Crippen LogP) is 1.99. The summed E-state index contributed by atoms with van der Waals surface area (Å²) in [5, 5.41) is 2.57. The number of carbonyl (C=O) groups is 1. The highest BCUT2D eigenvalue weighted by Gasteiger charge is 2.35. The van der Waals surface area contributed by atoms with Gasteiger partial charge >= 0.3 is 0 Å². The van der Waals surface area contributed by atoms with E-state index in [9.17, 15) is 13.2 Å². The Bertz CT molecular complexity index is 1010. The molecule has 0 spiro atoms. The van der Waals surface area contributed by atoms with Crippen LogP contribution in [0.25, 0.3) is 10.8 Å². The number of hydrogen-bond acceptors (Lipinski definition) is 5. The van der Waals surface area contributed by atoms with Gasteiger partial charge in [-0.15, -0.1) is 0 Å². The van der Waals surface area contributed by atoms with Crippen LogP contribution in [0.1, 0.15) is 18.9 Å². The van der Waals surface area contributed by atoms with Crippen molar-refractivity contribution in [1.29, 1.82) is 0 Å². The number of piperazine rings is 1. The molecule has 0 aliphatic carbocycles. The van der Waals surface area contributed by atoms with Gasteiger partial charge in [-0.3, -0.25) is 14.6 Å². The highest BCUT2D eigenvalue weighted by molar-refractivity contribution is 7.91. The third kappa shape index (κ3) is 4.53. The molecule has 0 saturated carbocycles. The van der Waals surface area contributed by atoms with Crippen LogP contribution in [0.3, 0.4) is 0 Å². The molecule has 30 heavy (non-hydrogen) atoms. The number of fused-ring (bicyclic) bond motifs is 1. The van der Waals surface area contributed by atoms with Crippen LogP contribution in [0.5, 0.6) is 0 Å². The van der Waals surface area contributed by atoms with Crippen LogP contribution >= 0.6 is 0 Å². The lowest BCUT2D eigenvalue weighted by atomic mass is 10.0. The fourth-order valence-electron chi connectivity index (χ4n) is 4.69. The maximum Gasteiger partial charge on any atom is 0.239 e. The van der Waals surface area contributed by atoms with E-state index in [0.717, 1.165) is 32.7 Å². The second kappa shape index (κ2) is 8.65. The average molecular weight is 430 g/mol. The number of carbonyl (C=O) groups excluding carboxylic acids is 1. The Labute approximate surface area is 179 Å². The first-order chi connectivity index (χ1) is 14.3. The molecule has 0 aromatic heterocycles. The summed E-state index contributed by atoms with van der Waals surface area (Å²) in [6.45, 7) is 6.38. The van der Waals surface area contributed by atoms with Crippen molar-refractivity contribution < 1.29 is 13.2 Å². The first kappa shape index (κ1) is 21.3. The monoisotopic (exact) mass is 429 g/mol. The van der Waals surface area contributed by atoms with Gasteiger partial charge in [0.15, 0.2) is 9.84 Å². The normalized spacial score (nSPS) is 23.5. The molecule has 2 aliphatic heterocycles. The standard InChI is InChI=1S/C23H31N3O3S/c1-18(23(27)24(2)21-10-15-30(28,29)17-21)26-13-11-25(12-14-26)16-20-8-5-7-19-6-3-4-9-22(19)20/h3-9,18,21H,10-17H2,1-2H3/t18-,21+/m0/s1. The number of rotatable bonds is 5. The van der Waals surface area contributed by atoms with Gasteiger partial charge in [-0.1, -0.05) is 42.5 Å². The van der Waals surface area contributed by atoms with Crippen LogP contribution in [-0.4, -0.2) is 85.8 Å². The average Bonchev–Trinajstić information content (AvgIpc) is 3.12. The van der Waals surface area contributed by atoms with Gasteiger partial charge in [0.1, 0.15) is 0 Å². The molecular formula is C23H31N3O3S. The number of hydrogen-bond donors (Lipinski definition) is 0. The van der Waals surface area contributed by atoms with Crippen molar-refractivity contribution in [2.45, 2.75) is 32.0 Å². The topological polar surface area (TPSA) is 60.9 Å². The van der Waals surface area contributed by atoms with Crippen LogP contribution in [-0.2, 0) is 21.2 Å². The summed E-state index contributed by atoms with van der Waals surface area (Å²) in [5.74, 6) is 0.316. The Morgan fingerprint density at radius 1 is 1.10 bits per heavy atom. The summed E-state index contributed by atoms with van der Waals surface area (Å²) in [6.07, 6.45) is 0.552. The van der Waals surface area contributed by atoms with Crippen molar-refractivity contribution >= 4 is 26.5 Å². The second-order valence-corrected chi connectivity index (χ2v) is 10.9. The number of sulfone groups is 1. The minimum absolute atomic E-state index is 0.0274. The quantitative estimate of drug-likeness (QED) is 0.728. The Balaban J connectivity index is 1.33. The number of likely N-dealkylation sites (N-methyl/N-ethyl adjacent to an activating group) is 1. The van der Waals surface area contributed by atoms with E-state index in [1.165, 1.54) is 16.3 Å². The fraction of sp³-hybridized carbons (Fsp3) is 0.522. The van der Waals surface area contributed by atoms with Crippen LogP contribution in [0.4, 0.5) is 0 Å². The van der Waals surface area contributed by atoms with Gasteiger partial charge in [0.2, 0.25) is 5.91 Å². The van der Waals surface area contributed by atoms with Gasteiger partial charge in [0, 0.05) is 45.8 Å². The molecule has 4 rings (SSSR count). The Morgan fingerprint density at radius 3 is 2.50 bits per heavy atom. The van der Waals surface area contributed by atoms with E-state index < -0.39 is 9.84 Å². The van der Waals surface area contributed by atoms with Crippen molar-refractivity contribution in [3.05, 3.63) is 48.0 Å². The molecule has 0 unspecified atom stereocenters. The number of amides is 1. The SMILES string of the molecule is C[C@@H](C(=O)N(C)[C@@H]1CCS(=O)(=O)C1)N1CCN(Cc2cccc3ccccc23)CC1. The maximum absolute atomic E-state index is 12.9. The smallest absolute Gasteiger partial charge is 0.239 e. The van der Waals surface area contributed by atoms with E-state index in [-0.39, 0.29) is 29.5 Å². The first-order valence-electron chi connectivity index (χ1n) is 10.7. The molecule has 1 amide bonds. The summed E-state index contributed by atoms with van der Waals surface area (Å²) >= 11 is 0. The molecule has 2 fully saturated rings. The summed E-state index contributed by atoms with van der Waals surface area (Å²) in [7, 11) is -1.24. The van der Waals surface area contributed by atoms with Gasteiger partial charge in [0.25, 0.3) is 0 Å². The molecule has 6 nitrogen and oxygen atoms in total. The first-order valence-corrected chi connectivity index (χ1v) is 12.6. The Morgan fingerprint density at radius 2 is 1.80 bits per heavy atom. The third-order valence-corrected chi connectivity index (χ3v) is 8.44. The molecule has 2 saturated heterocycles. The van der Waals surface area contributed by atoms with Crippen molar-refractivity contribution in [3.63, 3.8) is 0 Å². The van der Waals surface area contributed by atoms with Gasteiger partial charge in [-0.25, -0.2) is 8.42 Å². The molecule has 2 aliphatic rings. The zero-order valence-corrected chi connectivity index (χ0v) is 18.6. The zero-order chi connectivity index (χ0) is 21.3. The van der Waals surface area contributed by atoms with Gasteiger partial charge in [-0.05, 0) is 29.7 Å². The molecule has 7 heteroatoms. The van der Waals surface area contributed by atoms with Crippen molar-refractivity contribution in [1.82, 2.24) is 14.7 Å². The van der Waals surface area contributed by atoms with Crippen molar-refractivity contribution in [2.24, 2.45) is 0 Å². The van der Waals surface area contributed by atoms with Gasteiger partial charge in [0.05, 0.1) is 17.5 Å². The molecule has 2 aromatic carbocycles. The zero-order valence-electron chi connectivity index (χ0n) is 17.8. The van der Waals surface area contributed by atoms with Crippen LogP contribution in [0.2, 0.25) is 0 Å². The predicted molar refractivity (Wildman–Crippen MR) is 120 cm³/mol. The summed E-state index contributed by atoms with van der Waals surface area (Å²) in [5.41, 5.74) is 1.34. The van der Waals surface area contributed by atoms with E-state index >= 15 is 0 Å². The molecule has 2 aromatic rings. The lowest BCUT2D eigenvalue weighted by molar-refractivity contribution is -0.137. The van der Waals surface area contributed by atoms with Gasteiger partial charge < -0.3 is 4.90 Å². The highest BCUT2D eigenvalue weighted by atomic mass is 32.2. The molecule has 2 heterocycles. The van der Waals surface area contributed by atoms with Crippen LogP contribution < -0.4 is 0 Å². The van der Waals surface area contributed by atoms with Crippen LogP contribution in [0, 0.1) is 0 Å². The minimum atomic E-state index is -2.99. The van der Waals surface area contributed by atoms with Crippen LogP contribution in [0.15, 0.2) is 42.5 Å². The number of benzene rings is 2. The van der Waals surface area contributed by atoms with Gasteiger partial charge in [-0.2, -0.15) is 0 Å². The lowest BCUT2D eigenvalue weighted by Gasteiger charge is -2.39. The maximum atomic E-state index is 12.9. The molecule has 2 atom stereocenters. The second-order valence-electron chi connectivity index (χ2n) is 8.63. The largest absolute Gasteiger partial charge is 0.340 e. The fourth-order valence-corrected chi connectivity index (χ4v) is 6.47. The molecular weight excluding hydrogens is 398 g/mol. The Hall–Kier alpha value is -1.96. The van der Waals surface area contributed by atoms with Crippen molar-refractivity contribution in [3.8, 4) is 0 Å². The lowest BCUT2D eigenvalue weighted by Crippen LogP contribution is -2.55. The minimum Gasteiger partial charge on any atom is -0.340 e. The van der Waals surface area contributed by atoms with E-state index in [4.69, 9.17) is 0 Å². The molecule has 0 radical (unpaired) electrons. The van der Waals surface area contributed by atoms with E-state index in [2.05, 4.69) is 52.3 Å². The van der Waals surface area contributed by atoms with E-state index in [0.29, 0.717) is 6.42 Å². The third-order valence-electron chi connectivity index (χ3n) is 6.69. The van der Waals surface area contributed by atoms with E-state index in [1.807, 2.05) is 6.92 Å². The van der Waals surface area contributed by atoms with Crippen molar-refractivity contribution in [2.75, 3.05) is 44.7 Å². The number of nitrogens with zero attached hydrogens (tertiary/aromatic N) is 3. The molecule has 0 bridgehead atoms. The highest BCUT2D eigenvalue weighted by Crippen LogP contribution is 2.22. The molecule has 162 valence electrons. The molecule has 0 N–H and O–H groups in total. The summed E-state index contributed by atoms with van der Waals surface area (Å²) < 4.78 is 23.5. The Kier molecular flexibility index (Phi) is 6.14. The van der Waals surface area contributed by atoms with E-state index in [1.54, 1.807) is 11.9 Å². The summed E-state index contributed by atoms with van der Waals surface area (Å²) in [4.78, 5) is 19.3. The summed E-state index contributed by atoms with van der Waals surface area (Å²) in [6, 6.07) is 14.5.